The number of carbonyl (C=O) groups is 2. The third-order valence-electron chi connectivity index (χ3n) is 4.49. The normalized spacial score (nSPS) is 12.0. The Balaban J connectivity index is 1.76. The molecule has 0 aliphatic carbocycles. The topological polar surface area (TPSA) is 103 Å². The van der Waals surface area contributed by atoms with E-state index in [1.165, 1.54) is 6.92 Å². The fraction of sp³-hybridized carbons (Fsp3) is 0.300. The first-order valence-corrected chi connectivity index (χ1v) is 8.74. The van der Waals surface area contributed by atoms with Crippen LogP contribution in [0.5, 0.6) is 0 Å². The van der Waals surface area contributed by atoms with Crippen LogP contribution in [-0.4, -0.2) is 27.8 Å². The smallest absolute Gasteiger partial charge is 0.375 e. The Kier molecular flexibility index (Phi) is 5.04. The molecule has 0 radical (unpaired) electrons. The number of hydrogen-bond donors (Lipinski definition) is 1. The molecule has 2 heterocycles. The molecule has 0 unspecified atom stereocenters. The Morgan fingerprint density at radius 2 is 1.93 bits per heavy atom. The average molecular weight is 383 g/mol. The van der Waals surface area contributed by atoms with Gasteiger partial charge >= 0.3 is 5.97 Å². The SMILES string of the molecule is Cc1ccc2oc(C(=O)O[C@H](C)C(=O)Nc3c(C)nn(C)c3C)cc(=O)c2c1. The molecule has 2 aromatic heterocycles. The van der Waals surface area contributed by atoms with E-state index >= 15 is 0 Å². The molecule has 1 amide bonds. The van der Waals surface area contributed by atoms with Gasteiger partial charge in [0, 0.05) is 13.1 Å². The van der Waals surface area contributed by atoms with Gasteiger partial charge in [-0.3, -0.25) is 14.3 Å². The standard InChI is InChI=1S/C20H21N3O5/c1-10-6-7-16-14(8-10)15(24)9-17(28-16)20(26)27-13(4)19(25)21-18-11(2)22-23(5)12(18)3/h6-9,13H,1-5H3,(H,21,25)/t13-/m1/s1. The van der Waals surface area contributed by atoms with E-state index in [2.05, 4.69) is 10.4 Å². The number of ether oxygens (including phenoxy) is 1. The number of nitrogens with zero attached hydrogens (tertiary/aromatic N) is 2. The molecule has 1 aromatic carbocycles. The molecule has 8 nitrogen and oxygen atoms in total. The van der Waals surface area contributed by atoms with Crippen LogP contribution >= 0.6 is 0 Å². The number of carbonyl (C=O) groups excluding carboxylic acids is 2. The highest BCUT2D eigenvalue weighted by Gasteiger charge is 2.23. The highest BCUT2D eigenvalue weighted by Crippen LogP contribution is 2.19. The maximum Gasteiger partial charge on any atom is 0.375 e. The summed E-state index contributed by atoms with van der Waals surface area (Å²) in [6, 6.07) is 6.15. The quantitative estimate of drug-likeness (QED) is 0.695. The van der Waals surface area contributed by atoms with E-state index in [4.69, 9.17) is 9.15 Å². The first kappa shape index (κ1) is 19.3. The zero-order chi connectivity index (χ0) is 20.6. The number of benzene rings is 1. The summed E-state index contributed by atoms with van der Waals surface area (Å²) in [6.07, 6.45) is -1.09. The number of nitrogens with one attached hydrogen (secondary N) is 1. The molecule has 0 aliphatic heterocycles. The van der Waals surface area contributed by atoms with E-state index in [0.717, 1.165) is 17.3 Å². The molecule has 3 aromatic rings. The Morgan fingerprint density at radius 1 is 1.21 bits per heavy atom. The van der Waals surface area contributed by atoms with Gasteiger partial charge in [-0.25, -0.2) is 4.79 Å². The van der Waals surface area contributed by atoms with Crippen molar-refractivity contribution in [1.29, 1.82) is 0 Å². The van der Waals surface area contributed by atoms with Crippen molar-refractivity contribution in [3.8, 4) is 0 Å². The van der Waals surface area contributed by atoms with Crippen molar-refractivity contribution in [2.24, 2.45) is 7.05 Å². The number of rotatable bonds is 4. The predicted molar refractivity (Wildman–Crippen MR) is 103 cm³/mol. The van der Waals surface area contributed by atoms with Crippen molar-refractivity contribution in [2.75, 3.05) is 5.32 Å². The van der Waals surface area contributed by atoms with Crippen molar-refractivity contribution >= 4 is 28.5 Å². The third-order valence-corrected chi connectivity index (χ3v) is 4.49. The van der Waals surface area contributed by atoms with Crippen molar-refractivity contribution in [1.82, 2.24) is 9.78 Å². The van der Waals surface area contributed by atoms with E-state index < -0.39 is 18.0 Å². The van der Waals surface area contributed by atoms with Gasteiger partial charge in [0.25, 0.3) is 5.91 Å². The van der Waals surface area contributed by atoms with Crippen molar-refractivity contribution in [3.63, 3.8) is 0 Å². The van der Waals surface area contributed by atoms with Gasteiger partial charge < -0.3 is 14.5 Å². The maximum atomic E-state index is 12.4. The summed E-state index contributed by atoms with van der Waals surface area (Å²) in [5.74, 6) is -1.65. The number of esters is 1. The van der Waals surface area contributed by atoms with Crippen LogP contribution in [-0.2, 0) is 16.6 Å². The van der Waals surface area contributed by atoms with Crippen LogP contribution in [0.2, 0.25) is 0 Å². The molecule has 8 heteroatoms. The summed E-state index contributed by atoms with van der Waals surface area (Å²) in [5, 5.41) is 7.31. The third kappa shape index (κ3) is 3.66. The monoisotopic (exact) mass is 383 g/mol. The predicted octanol–water partition coefficient (Wildman–Crippen LogP) is 2.64. The Morgan fingerprint density at radius 3 is 2.57 bits per heavy atom. The summed E-state index contributed by atoms with van der Waals surface area (Å²) >= 11 is 0. The zero-order valence-electron chi connectivity index (χ0n) is 16.3. The molecule has 1 atom stereocenters. The summed E-state index contributed by atoms with van der Waals surface area (Å²) in [7, 11) is 1.77. The lowest BCUT2D eigenvalue weighted by Gasteiger charge is -2.13. The number of amides is 1. The van der Waals surface area contributed by atoms with Crippen molar-refractivity contribution < 1.29 is 18.7 Å². The lowest BCUT2D eigenvalue weighted by atomic mass is 10.1. The minimum atomic E-state index is -1.09. The van der Waals surface area contributed by atoms with Crippen LogP contribution in [0.25, 0.3) is 11.0 Å². The van der Waals surface area contributed by atoms with E-state index in [0.29, 0.717) is 16.8 Å². The Bertz CT molecular complexity index is 1140. The first-order chi connectivity index (χ1) is 13.2. The van der Waals surface area contributed by atoms with Gasteiger partial charge in [-0.15, -0.1) is 0 Å². The Hall–Kier alpha value is -3.42. The van der Waals surface area contributed by atoms with E-state index in [9.17, 15) is 14.4 Å². The fourth-order valence-electron chi connectivity index (χ4n) is 2.82. The van der Waals surface area contributed by atoms with E-state index in [1.807, 2.05) is 13.8 Å². The molecular formula is C20H21N3O5. The second-order valence-corrected chi connectivity index (χ2v) is 6.68. The van der Waals surface area contributed by atoms with Crippen LogP contribution in [0.15, 0.2) is 33.5 Å². The number of aryl methyl sites for hydroxylation is 3. The van der Waals surface area contributed by atoms with Crippen LogP contribution < -0.4 is 10.7 Å². The molecule has 1 N–H and O–H groups in total. The first-order valence-electron chi connectivity index (χ1n) is 8.74. The van der Waals surface area contributed by atoms with Gasteiger partial charge in [-0.1, -0.05) is 11.6 Å². The highest BCUT2D eigenvalue weighted by molar-refractivity contribution is 5.97. The molecule has 0 bridgehead atoms. The highest BCUT2D eigenvalue weighted by atomic mass is 16.6. The van der Waals surface area contributed by atoms with Gasteiger partial charge in [0.1, 0.15) is 5.58 Å². The minimum Gasteiger partial charge on any atom is -0.449 e. The Labute approximate surface area is 161 Å². The number of aromatic nitrogens is 2. The summed E-state index contributed by atoms with van der Waals surface area (Å²) in [5.41, 5.74) is 2.84. The largest absolute Gasteiger partial charge is 0.449 e. The van der Waals surface area contributed by atoms with Crippen LogP contribution in [0, 0.1) is 20.8 Å². The maximum absolute atomic E-state index is 12.4. The minimum absolute atomic E-state index is 0.255. The number of anilines is 1. The zero-order valence-corrected chi connectivity index (χ0v) is 16.3. The van der Waals surface area contributed by atoms with Gasteiger partial charge in [-0.2, -0.15) is 5.10 Å². The summed E-state index contributed by atoms with van der Waals surface area (Å²) in [6.45, 7) is 6.88. The molecule has 28 heavy (non-hydrogen) atoms. The van der Waals surface area contributed by atoms with Crippen LogP contribution in [0.4, 0.5) is 5.69 Å². The fourth-order valence-corrected chi connectivity index (χ4v) is 2.82. The van der Waals surface area contributed by atoms with Crippen molar-refractivity contribution in [3.05, 3.63) is 57.2 Å². The van der Waals surface area contributed by atoms with Gasteiger partial charge in [0.2, 0.25) is 5.76 Å². The molecule has 0 spiro atoms. The number of fused-ring (bicyclic) bond motifs is 1. The molecule has 0 fully saturated rings. The summed E-state index contributed by atoms with van der Waals surface area (Å²) in [4.78, 5) is 37.0. The second-order valence-electron chi connectivity index (χ2n) is 6.68. The van der Waals surface area contributed by atoms with Crippen LogP contribution in [0.1, 0.15) is 34.4 Å². The summed E-state index contributed by atoms with van der Waals surface area (Å²) < 4.78 is 12.3. The molecule has 0 saturated heterocycles. The van der Waals surface area contributed by atoms with Crippen LogP contribution in [0.3, 0.4) is 0 Å². The van der Waals surface area contributed by atoms with E-state index in [1.54, 1.807) is 36.9 Å². The van der Waals surface area contributed by atoms with Gasteiger partial charge in [0.05, 0.1) is 22.5 Å². The van der Waals surface area contributed by atoms with E-state index in [-0.39, 0.29) is 16.8 Å². The second kappa shape index (κ2) is 7.30. The molecular weight excluding hydrogens is 362 g/mol. The lowest BCUT2D eigenvalue weighted by Crippen LogP contribution is -2.30. The molecule has 0 aliphatic rings. The van der Waals surface area contributed by atoms with Crippen molar-refractivity contribution in [2.45, 2.75) is 33.8 Å². The molecule has 146 valence electrons. The van der Waals surface area contributed by atoms with Gasteiger partial charge in [0.15, 0.2) is 11.5 Å². The average Bonchev–Trinajstić information content (AvgIpc) is 2.88. The molecule has 3 rings (SSSR count). The van der Waals surface area contributed by atoms with Gasteiger partial charge in [-0.05, 0) is 39.8 Å². The number of hydrogen-bond acceptors (Lipinski definition) is 6. The lowest BCUT2D eigenvalue weighted by molar-refractivity contribution is -0.123. The molecule has 0 saturated carbocycles.